The van der Waals surface area contributed by atoms with Crippen LogP contribution in [0.4, 0.5) is 17.6 Å². The molecule has 1 atom stereocenters. The lowest BCUT2D eigenvalue weighted by atomic mass is 10.1. The highest BCUT2D eigenvalue weighted by molar-refractivity contribution is 5.91. The molecular formula is C21H23N7. The number of anilines is 3. The number of hydrogen-bond acceptors (Lipinski definition) is 6. The summed E-state index contributed by atoms with van der Waals surface area (Å²) in [5, 5.41) is 7.87. The number of rotatable bonds is 5. The van der Waals surface area contributed by atoms with Crippen LogP contribution >= 0.6 is 0 Å². The number of nitrogen functional groups attached to an aromatic ring is 2. The van der Waals surface area contributed by atoms with Gasteiger partial charge in [0, 0.05) is 30.1 Å². The molecule has 7 nitrogen and oxygen atoms in total. The smallest absolute Gasteiger partial charge is 0.222 e. The van der Waals surface area contributed by atoms with Crippen molar-refractivity contribution in [3.05, 3.63) is 60.2 Å². The van der Waals surface area contributed by atoms with Crippen LogP contribution in [0.2, 0.25) is 0 Å². The van der Waals surface area contributed by atoms with Crippen molar-refractivity contribution in [2.45, 2.75) is 19.4 Å². The summed E-state index contributed by atoms with van der Waals surface area (Å²) in [5.74, 6) is 1.52. The van der Waals surface area contributed by atoms with E-state index in [9.17, 15) is 0 Å². The van der Waals surface area contributed by atoms with E-state index in [1.54, 1.807) is 0 Å². The first-order valence-electron chi connectivity index (χ1n) is 9.16. The number of hydrogen-bond donors (Lipinski definition) is 3. The van der Waals surface area contributed by atoms with E-state index in [0.717, 1.165) is 34.4 Å². The molecular weight excluding hydrogens is 350 g/mol. The van der Waals surface area contributed by atoms with Crippen molar-refractivity contribution in [1.29, 1.82) is 0 Å². The van der Waals surface area contributed by atoms with Crippen LogP contribution in [0.1, 0.15) is 12.5 Å². The predicted molar refractivity (Wildman–Crippen MR) is 114 cm³/mol. The number of aromatic amines is 1. The second-order valence-corrected chi connectivity index (χ2v) is 6.99. The summed E-state index contributed by atoms with van der Waals surface area (Å²) < 4.78 is 0. The Labute approximate surface area is 163 Å². The van der Waals surface area contributed by atoms with Crippen LogP contribution in [0.3, 0.4) is 0 Å². The van der Waals surface area contributed by atoms with Crippen molar-refractivity contribution in [3.8, 4) is 11.3 Å². The lowest BCUT2D eigenvalue weighted by molar-refractivity contribution is 0.674. The van der Waals surface area contributed by atoms with Gasteiger partial charge in [-0.15, -0.1) is 0 Å². The van der Waals surface area contributed by atoms with E-state index in [1.165, 1.54) is 5.56 Å². The van der Waals surface area contributed by atoms with Crippen molar-refractivity contribution in [1.82, 2.24) is 20.2 Å². The zero-order chi connectivity index (χ0) is 19.7. The zero-order valence-electron chi connectivity index (χ0n) is 15.9. The average Bonchev–Trinajstić information content (AvgIpc) is 3.08. The number of H-pyrrole nitrogens is 1. The topological polar surface area (TPSA) is 110 Å². The maximum atomic E-state index is 6.01. The molecule has 4 rings (SSSR count). The largest absolute Gasteiger partial charge is 0.382 e. The Morgan fingerprint density at radius 2 is 1.82 bits per heavy atom. The van der Waals surface area contributed by atoms with Gasteiger partial charge in [-0.3, -0.25) is 5.10 Å². The summed E-state index contributed by atoms with van der Waals surface area (Å²) in [6.45, 7) is 2.17. The van der Waals surface area contributed by atoms with Gasteiger partial charge in [-0.05, 0) is 31.0 Å². The fourth-order valence-corrected chi connectivity index (χ4v) is 3.30. The number of nitrogens with zero attached hydrogens (tertiary/aromatic N) is 4. The van der Waals surface area contributed by atoms with E-state index in [2.05, 4.69) is 56.3 Å². The minimum absolute atomic E-state index is 0.246. The normalized spacial score (nSPS) is 12.2. The van der Waals surface area contributed by atoms with Crippen LogP contribution in [0.25, 0.3) is 22.2 Å². The third kappa shape index (κ3) is 3.46. The SMILES string of the molecule is CC(Cc1ccccc1)N(C)c1cc(-c2ccc3c(N)n[nH]c3c2)nc(N)n1. The molecule has 0 saturated carbocycles. The molecule has 0 spiro atoms. The third-order valence-corrected chi connectivity index (χ3v) is 5.01. The Kier molecular flexibility index (Phi) is 4.57. The van der Waals surface area contributed by atoms with Gasteiger partial charge in [-0.1, -0.05) is 36.4 Å². The van der Waals surface area contributed by atoms with Crippen LogP contribution < -0.4 is 16.4 Å². The van der Waals surface area contributed by atoms with Gasteiger partial charge in [0.05, 0.1) is 11.2 Å². The standard InChI is InChI=1S/C21H23N7/c1-13(10-14-6-4-3-5-7-14)28(2)19-12-17(24-21(23)25-19)15-8-9-16-18(11-15)26-27-20(16)22/h3-9,11-13H,10H2,1-2H3,(H3,22,26,27)(H2,23,24,25). The third-order valence-electron chi connectivity index (χ3n) is 5.01. The Morgan fingerprint density at radius 3 is 2.61 bits per heavy atom. The first-order chi connectivity index (χ1) is 13.5. The number of nitrogens with two attached hydrogens (primary N) is 2. The van der Waals surface area contributed by atoms with Crippen molar-refractivity contribution in [3.63, 3.8) is 0 Å². The van der Waals surface area contributed by atoms with E-state index >= 15 is 0 Å². The van der Waals surface area contributed by atoms with Crippen LogP contribution in [0.5, 0.6) is 0 Å². The van der Waals surface area contributed by atoms with E-state index in [-0.39, 0.29) is 12.0 Å². The van der Waals surface area contributed by atoms with E-state index < -0.39 is 0 Å². The second kappa shape index (κ2) is 7.19. The molecule has 28 heavy (non-hydrogen) atoms. The average molecular weight is 373 g/mol. The molecule has 1 unspecified atom stereocenters. The lowest BCUT2D eigenvalue weighted by Gasteiger charge is -2.26. The molecule has 5 N–H and O–H groups in total. The van der Waals surface area contributed by atoms with Crippen molar-refractivity contribution >= 4 is 28.5 Å². The number of nitrogens with one attached hydrogen (secondary N) is 1. The Bertz CT molecular complexity index is 1100. The molecule has 0 fully saturated rings. The van der Waals surface area contributed by atoms with Gasteiger partial charge in [-0.25, -0.2) is 4.98 Å². The van der Waals surface area contributed by atoms with Crippen molar-refractivity contribution in [2.75, 3.05) is 23.4 Å². The molecule has 4 aromatic rings. The fraction of sp³-hybridized carbons (Fsp3) is 0.190. The molecule has 0 amide bonds. The summed E-state index contributed by atoms with van der Waals surface area (Å²) in [4.78, 5) is 11.0. The summed E-state index contributed by atoms with van der Waals surface area (Å²) in [6.07, 6.45) is 0.913. The highest BCUT2D eigenvalue weighted by Crippen LogP contribution is 2.27. The van der Waals surface area contributed by atoms with Gasteiger partial charge >= 0.3 is 0 Å². The Morgan fingerprint density at radius 1 is 1.04 bits per heavy atom. The maximum absolute atomic E-state index is 6.01. The first kappa shape index (κ1) is 17.8. The van der Waals surface area contributed by atoms with Crippen molar-refractivity contribution in [2.24, 2.45) is 0 Å². The van der Waals surface area contributed by atoms with Crippen LogP contribution in [0, 0.1) is 0 Å². The van der Waals surface area contributed by atoms with E-state index in [0.29, 0.717) is 5.82 Å². The van der Waals surface area contributed by atoms with Crippen molar-refractivity contribution < 1.29 is 0 Å². The Hall–Kier alpha value is -3.61. The van der Waals surface area contributed by atoms with Gasteiger partial charge in [0.15, 0.2) is 5.82 Å². The van der Waals surface area contributed by atoms with E-state index in [1.807, 2.05) is 37.4 Å². The van der Waals surface area contributed by atoms with Crippen LogP contribution in [-0.4, -0.2) is 33.3 Å². The zero-order valence-corrected chi connectivity index (χ0v) is 15.9. The number of likely N-dealkylation sites (N-methyl/N-ethyl adjacent to an activating group) is 1. The predicted octanol–water partition coefficient (Wildman–Crippen LogP) is 3.25. The molecule has 0 radical (unpaired) electrons. The summed E-state index contributed by atoms with van der Waals surface area (Å²) in [6, 6.07) is 18.5. The Balaban J connectivity index is 1.64. The lowest BCUT2D eigenvalue weighted by Crippen LogP contribution is -2.31. The molecule has 142 valence electrons. The highest BCUT2D eigenvalue weighted by Gasteiger charge is 2.15. The molecule has 0 aliphatic carbocycles. The summed E-state index contributed by atoms with van der Waals surface area (Å²) in [7, 11) is 2.03. The van der Waals surface area contributed by atoms with Crippen LogP contribution in [0.15, 0.2) is 54.6 Å². The minimum atomic E-state index is 0.246. The second-order valence-electron chi connectivity index (χ2n) is 6.99. The van der Waals surface area contributed by atoms with E-state index in [4.69, 9.17) is 11.5 Å². The van der Waals surface area contributed by atoms with Gasteiger partial charge in [0.25, 0.3) is 0 Å². The molecule has 2 aromatic carbocycles. The summed E-state index contributed by atoms with van der Waals surface area (Å²) >= 11 is 0. The number of aromatic nitrogens is 4. The quantitative estimate of drug-likeness (QED) is 0.495. The van der Waals surface area contributed by atoms with Gasteiger partial charge in [0.2, 0.25) is 5.95 Å². The van der Waals surface area contributed by atoms with Gasteiger partial charge in [-0.2, -0.15) is 10.1 Å². The minimum Gasteiger partial charge on any atom is -0.382 e. The number of fused-ring (bicyclic) bond motifs is 1. The van der Waals surface area contributed by atoms with Gasteiger partial charge < -0.3 is 16.4 Å². The monoisotopic (exact) mass is 373 g/mol. The molecule has 2 aromatic heterocycles. The summed E-state index contributed by atoms with van der Waals surface area (Å²) in [5.41, 5.74) is 15.7. The molecule has 0 bridgehead atoms. The highest BCUT2D eigenvalue weighted by atomic mass is 15.2. The molecule has 0 saturated heterocycles. The van der Waals surface area contributed by atoms with Gasteiger partial charge in [0.1, 0.15) is 5.82 Å². The van der Waals surface area contributed by atoms with Crippen LogP contribution in [-0.2, 0) is 6.42 Å². The molecule has 0 aliphatic heterocycles. The molecule has 7 heteroatoms. The maximum Gasteiger partial charge on any atom is 0.222 e. The number of benzene rings is 2. The molecule has 0 aliphatic rings. The fourth-order valence-electron chi connectivity index (χ4n) is 3.30. The molecule has 2 heterocycles. The first-order valence-corrected chi connectivity index (χ1v) is 9.16.